The first-order chi connectivity index (χ1) is 15.5. The fraction of sp³-hybridized carbons (Fsp3) is 0.522. The van der Waals surface area contributed by atoms with Gasteiger partial charge in [-0.15, -0.1) is 0 Å². The number of benzene rings is 2. The average molecular weight is 485 g/mol. The Morgan fingerprint density at radius 3 is 2.67 bits per heavy atom. The maximum Gasteiger partial charge on any atom is 0.311 e. The number of hydrogen-bond acceptors (Lipinski definition) is 8. The molecule has 0 bridgehead atoms. The smallest absolute Gasteiger partial charge is 0.311 e. The summed E-state index contributed by atoms with van der Waals surface area (Å²) < 4.78 is 44.1. The fourth-order valence-corrected chi connectivity index (χ4v) is 5.22. The number of aliphatic hydroxyl groups excluding tert-OH is 1. The number of aryl methyl sites for hydroxylation is 1. The normalized spacial score (nSPS) is 19.1. The van der Waals surface area contributed by atoms with Gasteiger partial charge in [0.05, 0.1) is 18.6 Å². The van der Waals surface area contributed by atoms with Gasteiger partial charge in [0.1, 0.15) is 17.7 Å². The minimum absolute atomic E-state index is 0.218. The number of carbonyl (C=O) groups is 1. The molecule has 0 amide bonds. The molecule has 1 fully saturated rings. The molecule has 0 spiro atoms. The lowest BCUT2D eigenvalue weighted by atomic mass is 9.86. The average Bonchev–Trinajstić information content (AvgIpc) is 3.00. The molecular weight excluding hydrogens is 451 g/mol. The van der Waals surface area contributed by atoms with E-state index in [9.17, 15) is 24.1 Å². The molecule has 1 aliphatic rings. The SMILES string of the molecule is CCCCOC(=O)C(C)(C)CCCc1ccc2cc(O)c(N3CC(O)NS3(O)O)c(F)c2c1. The highest BCUT2D eigenvalue weighted by Gasteiger charge is 2.38. The van der Waals surface area contributed by atoms with E-state index >= 15 is 4.39 Å². The summed E-state index contributed by atoms with van der Waals surface area (Å²) >= 11 is 0. The maximum absolute atomic E-state index is 15.4. The van der Waals surface area contributed by atoms with E-state index < -0.39 is 34.2 Å². The largest absolute Gasteiger partial charge is 0.506 e. The monoisotopic (exact) mass is 484 g/mol. The number of phenolic OH excluding ortho intramolecular Hbond substituents is 1. The number of esters is 1. The number of rotatable bonds is 9. The van der Waals surface area contributed by atoms with Crippen LogP contribution in [0.15, 0.2) is 24.3 Å². The Morgan fingerprint density at radius 2 is 2.03 bits per heavy atom. The maximum atomic E-state index is 15.4. The van der Waals surface area contributed by atoms with Crippen LogP contribution in [0.3, 0.4) is 0 Å². The van der Waals surface area contributed by atoms with Crippen LogP contribution < -0.4 is 9.03 Å². The van der Waals surface area contributed by atoms with Crippen LogP contribution in [-0.4, -0.2) is 44.7 Å². The van der Waals surface area contributed by atoms with Crippen molar-refractivity contribution in [3.05, 3.63) is 35.6 Å². The number of anilines is 1. The second-order valence-corrected chi connectivity index (χ2v) is 10.8. The molecule has 3 rings (SSSR count). The van der Waals surface area contributed by atoms with Gasteiger partial charge in [-0.25, -0.2) is 8.70 Å². The van der Waals surface area contributed by atoms with Crippen LogP contribution in [0.4, 0.5) is 10.1 Å². The third kappa shape index (κ3) is 5.70. The number of phenols is 1. The number of halogens is 1. The van der Waals surface area contributed by atoms with Crippen molar-refractivity contribution in [3.8, 4) is 5.75 Å². The van der Waals surface area contributed by atoms with Crippen LogP contribution in [0, 0.1) is 11.2 Å². The molecule has 0 saturated carbocycles. The molecule has 0 radical (unpaired) electrons. The van der Waals surface area contributed by atoms with Crippen molar-refractivity contribution in [3.63, 3.8) is 0 Å². The van der Waals surface area contributed by atoms with Gasteiger partial charge in [0, 0.05) is 5.39 Å². The number of hydrogen-bond donors (Lipinski definition) is 5. The molecule has 1 heterocycles. The zero-order valence-electron chi connectivity index (χ0n) is 19.2. The van der Waals surface area contributed by atoms with E-state index in [4.69, 9.17) is 4.74 Å². The van der Waals surface area contributed by atoms with E-state index in [0.29, 0.717) is 31.3 Å². The lowest BCUT2D eigenvalue weighted by molar-refractivity contribution is -0.154. The molecular formula is C23H33FN2O6S. The Hall–Kier alpha value is -2.11. The summed E-state index contributed by atoms with van der Waals surface area (Å²) in [6, 6.07) is 6.54. The van der Waals surface area contributed by atoms with Gasteiger partial charge >= 0.3 is 5.97 Å². The number of carbonyl (C=O) groups excluding carboxylic acids is 1. The predicted octanol–water partition coefficient (Wildman–Crippen LogP) is 4.69. The van der Waals surface area contributed by atoms with Crippen LogP contribution in [-0.2, 0) is 16.0 Å². The van der Waals surface area contributed by atoms with Gasteiger partial charge in [-0.3, -0.25) is 13.9 Å². The first-order valence-corrected chi connectivity index (χ1v) is 12.6. The van der Waals surface area contributed by atoms with Crippen LogP contribution in [0.2, 0.25) is 0 Å². The molecule has 33 heavy (non-hydrogen) atoms. The summed E-state index contributed by atoms with van der Waals surface area (Å²) in [4.78, 5) is 12.3. The number of aromatic hydroxyl groups is 1. The Bertz CT molecular complexity index is 1020. The first kappa shape index (κ1) is 25.5. The highest BCUT2D eigenvalue weighted by atomic mass is 32.3. The van der Waals surface area contributed by atoms with E-state index in [1.807, 2.05) is 26.8 Å². The Morgan fingerprint density at radius 1 is 1.30 bits per heavy atom. The summed E-state index contributed by atoms with van der Waals surface area (Å²) in [7, 11) is -3.67. The van der Waals surface area contributed by atoms with Gasteiger partial charge in [0.2, 0.25) is 0 Å². The van der Waals surface area contributed by atoms with Crippen molar-refractivity contribution in [1.29, 1.82) is 0 Å². The molecule has 1 atom stereocenters. The predicted molar refractivity (Wildman–Crippen MR) is 127 cm³/mol. The lowest BCUT2D eigenvalue weighted by Gasteiger charge is -2.37. The van der Waals surface area contributed by atoms with E-state index in [2.05, 4.69) is 4.72 Å². The van der Waals surface area contributed by atoms with Gasteiger partial charge < -0.3 is 14.9 Å². The minimum atomic E-state index is -3.67. The summed E-state index contributed by atoms with van der Waals surface area (Å²) in [6.07, 6.45) is 2.43. The van der Waals surface area contributed by atoms with Crippen LogP contribution in [0.1, 0.15) is 52.0 Å². The molecule has 2 aromatic carbocycles. The lowest BCUT2D eigenvalue weighted by Crippen LogP contribution is -2.27. The number of ether oxygens (including phenoxy) is 1. The van der Waals surface area contributed by atoms with Gasteiger partial charge in [0.25, 0.3) is 0 Å². The van der Waals surface area contributed by atoms with Crippen LogP contribution >= 0.6 is 11.0 Å². The van der Waals surface area contributed by atoms with E-state index in [0.717, 1.165) is 22.7 Å². The molecule has 0 aliphatic carbocycles. The summed E-state index contributed by atoms with van der Waals surface area (Å²) in [6.45, 7) is 5.88. The Balaban J connectivity index is 1.76. The summed E-state index contributed by atoms with van der Waals surface area (Å²) in [5.74, 6) is -1.48. The van der Waals surface area contributed by atoms with Crippen molar-refractivity contribution >= 4 is 33.4 Å². The molecule has 1 aliphatic heterocycles. The highest BCUT2D eigenvalue weighted by molar-refractivity contribution is 8.24. The van der Waals surface area contributed by atoms with E-state index in [1.54, 1.807) is 12.1 Å². The fourth-order valence-electron chi connectivity index (χ4n) is 3.87. The molecule has 1 unspecified atom stereocenters. The molecule has 10 heteroatoms. The Labute approximate surface area is 195 Å². The van der Waals surface area contributed by atoms with Gasteiger partial charge in [0.15, 0.2) is 5.82 Å². The number of aliphatic hydroxyl groups is 1. The third-order valence-corrected chi connectivity index (χ3v) is 7.37. The summed E-state index contributed by atoms with van der Waals surface area (Å²) in [5.41, 5.74) is -0.147. The molecule has 1 saturated heterocycles. The zero-order valence-corrected chi connectivity index (χ0v) is 20.0. The Kier molecular flexibility index (Phi) is 7.75. The minimum Gasteiger partial charge on any atom is -0.506 e. The molecule has 184 valence electrons. The standard InChI is InChI=1S/C23H33FN2O6S/c1-4-5-11-32-22(29)23(2,3)10-6-7-15-8-9-16-13-18(27)21(20(24)17(16)12-15)26-14-19(28)25-33(26,30)31/h8-9,12-13,19,25,27-28,30-31H,4-7,10-11,14H2,1-3H3. The molecule has 8 nitrogen and oxygen atoms in total. The van der Waals surface area contributed by atoms with Crippen LogP contribution in [0.5, 0.6) is 5.75 Å². The van der Waals surface area contributed by atoms with Crippen molar-refractivity contribution in [2.45, 2.75) is 59.1 Å². The van der Waals surface area contributed by atoms with Gasteiger partial charge in [-0.1, -0.05) is 36.4 Å². The van der Waals surface area contributed by atoms with Crippen LogP contribution in [0.25, 0.3) is 10.8 Å². The first-order valence-electron chi connectivity index (χ1n) is 11.1. The third-order valence-electron chi connectivity index (χ3n) is 5.84. The molecule has 2 aromatic rings. The number of nitrogens with one attached hydrogen (secondary N) is 1. The highest BCUT2D eigenvalue weighted by Crippen LogP contribution is 2.51. The van der Waals surface area contributed by atoms with Gasteiger partial charge in [-0.05, 0) is 62.6 Å². The van der Waals surface area contributed by atoms with Gasteiger partial charge in [-0.2, -0.15) is 4.72 Å². The number of nitrogens with zero attached hydrogens (tertiary/aromatic N) is 1. The van der Waals surface area contributed by atoms with Crippen molar-refractivity contribution < 1.29 is 33.2 Å². The number of β-amino-alcohol motifs (C(OH)–C–C–N with tert-alkyl or cyclic N) is 1. The van der Waals surface area contributed by atoms with E-state index in [-0.39, 0.29) is 23.6 Å². The zero-order chi connectivity index (χ0) is 24.4. The molecule has 5 N–H and O–H groups in total. The van der Waals surface area contributed by atoms with Crippen molar-refractivity contribution in [2.75, 3.05) is 17.5 Å². The molecule has 0 aromatic heterocycles. The quantitative estimate of drug-likeness (QED) is 0.257. The topological polar surface area (TPSA) is 122 Å². The second kappa shape index (κ2) is 10.0. The van der Waals surface area contributed by atoms with Crippen molar-refractivity contribution in [2.24, 2.45) is 5.41 Å². The number of fused-ring (bicyclic) bond motifs is 1. The summed E-state index contributed by atoms with van der Waals surface area (Å²) in [5, 5.41) is 20.7. The second-order valence-electron chi connectivity index (χ2n) is 9.05. The number of unbranched alkanes of at least 4 members (excludes halogenated alkanes) is 1. The van der Waals surface area contributed by atoms with Crippen molar-refractivity contribution in [1.82, 2.24) is 4.72 Å². The van der Waals surface area contributed by atoms with E-state index in [1.165, 1.54) is 6.07 Å².